The lowest BCUT2D eigenvalue weighted by atomic mass is 10.4. The van der Waals surface area contributed by atoms with Crippen molar-refractivity contribution in [2.45, 2.75) is 6.92 Å². The topological polar surface area (TPSA) is 76.7 Å². The summed E-state index contributed by atoms with van der Waals surface area (Å²) in [6.07, 6.45) is 0. The maximum atomic E-state index is 4.94. The third-order valence-corrected chi connectivity index (χ3v) is 1.67. The third kappa shape index (κ3) is 1.54. The summed E-state index contributed by atoms with van der Waals surface area (Å²) >= 11 is 0. The average molecular weight is 191 g/mol. The molecular formula is C8H9N5O. The number of rotatable bonds is 2. The Morgan fingerprint density at radius 2 is 2.14 bits per heavy atom. The molecule has 6 nitrogen and oxygen atoms in total. The van der Waals surface area contributed by atoms with Crippen LogP contribution in [-0.4, -0.2) is 27.4 Å². The summed E-state index contributed by atoms with van der Waals surface area (Å²) in [6, 6.07) is 3.56. The molecular weight excluding hydrogens is 182 g/mol. The minimum absolute atomic E-state index is 0.387. The summed E-state index contributed by atoms with van der Waals surface area (Å²) in [6.45, 7) is 1.75. The van der Waals surface area contributed by atoms with Crippen LogP contribution in [0.5, 0.6) is 0 Å². The van der Waals surface area contributed by atoms with E-state index in [1.807, 2.05) is 0 Å². The number of aromatic nitrogens is 4. The van der Waals surface area contributed by atoms with Crippen LogP contribution in [0.25, 0.3) is 11.6 Å². The molecule has 0 bridgehead atoms. The van der Waals surface area contributed by atoms with Gasteiger partial charge in [-0.2, -0.15) is 4.98 Å². The molecule has 14 heavy (non-hydrogen) atoms. The molecule has 0 unspecified atom stereocenters. The van der Waals surface area contributed by atoms with Crippen molar-refractivity contribution in [1.29, 1.82) is 0 Å². The highest BCUT2D eigenvalue weighted by molar-refractivity contribution is 5.48. The molecule has 0 atom stereocenters. The van der Waals surface area contributed by atoms with Gasteiger partial charge in [0.15, 0.2) is 11.5 Å². The van der Waals surface area contributed by atoms with Crippen LogP contribution in [0.3, 0.4) is 0 Å². The van der Waals surface area contributed by atoms with Crippen LogP contribution in [0.1, 0.15) is 5.82 Å². The Balaban J connectivity index is 2.33. The first-order valence-electron chi connectivity index (χ1n) is 4.12. The highest BCUT2D eigenvalue weighted by atomic mass is 16.5. The minimum Gasteiger partial charge on any atom is -0.372 e. The van der Waals surface area contributed by atoms with Gasteiger partial charge in [-0.05, 0) is 19.1 Å². The number of hydrogen-bond donors (Lipinski definition) is 1. The van der Waals surface area contributed by atoms with Crippen molar-refractivity contribution in [1.82, 2.24) is 20.3 Å². The fourth-order valence-electron chi connectivity index (χ4n) is 0.981. The number of nitrogens with zero attached hydrogens (tertiary/aromatic N) is 4. The van der Waals surface area contributed by atoms with Crippen LogP contribution in [0.2, 0.25) is 0 Å². The summed E-state index contributed by atoms with van der Waals surface area (Å²) in [7, 11) is 1.78. The van der Waals surface area contributed by atoms with E-state index >= 15 is 0 Å². The quantitative estimate of drug-likeness (QED) is 0.759. The molecule has 2 rings (SSSR count). The molecule has 2 aromatic rings. The summed E-state index contributed by atoms with van der Waals surface area (Å²) in [5, 5.41) is 14.4. The standard InChI is InChI=1S/C8H9N5O/c1-5-10-8(14-13-5)6-3-4-7(9-2)12-11-6/h3-4H,1-2H3,(H,9,12). The van der Waals surface area contributed by atoms with E-state index in [0.29, 0.717) is 23.2 Å². The first kappa shape index (κ1) is 8.61. The zero-order chi connectivity index (χ0) is 9.97. The molecule has 0 saturated carbocycles. The Hall–Kier alpha value is -1.98. The Labute approximate surface area is 80.4 Å². The lowest BCUT2D eigenvalue weighted by Crippen LogP contribution is -1.95. The molecule has 6 heteroatoms. The molecule has 0 aliphatic carbocycles. The van der Waals surface area contributed by atoms with Crippen molar-refractivity contribution < 1.29 is 4.52 Å². The summed E-state index contributed by atoms with van der Waals surface area (Å²) in [5.41, 5.74) is 0.574. The Kier molecular flexibility index (Phi) is 2.10. The number of aryl methyl sites for hydroxylation is 1. The molecule has 0 spiro atoms. The second kappa shape index (κ2) is 3.41. The Morgan fingerprint density at radius 3 is 2.64 bits per heavy atom. The van der Waals surface area contributed by atoms with Gasteiger partial charge in [-0.15, -0.1) is 10.2 Å². The third-order valence-electron chi connectivity index (χ3n) is 1.67. The van der Waals surface area contributed by atoms with Gasteiger partial charge in [0.2, 0.25) is 0 Å². The first-order chi connectivity index (χ1) is 6.79. The normalized spacial score (nSPS) is 10.1. The van der Waals surface area contributed by atoms with Crippen molar-refractivity contribution in [3.63, 3.8) is 0 Å². The van der Waals surface area contributed by atoms with Crippen molar-refractivity contribution in [3.8, 4) is 11.6 Å². The van der Waals surface area contributed by atoms with Crippen molar-refractivity contribution in [2.75, 3.05) is 12.4 Å². The molecule has 2 aromatic heterocycles. The lowest BCUT2D eigenvalue weighted by Gasteiger charge is -1.96. The van der Waals surface area contributed by atoms with Gasteiger partial charge in [0.05, 0.1) is 0 Å². The highest BCUT2D eigenvalue weighted by Crippen LogP contribution is 2.13. The largest absolute Gasteiger partial charge is 0.372 e. The van der Waals surface area contributed by atoms with Crippen LogP contribution in [-0.2, 0) is 0 Å². The molecule has 1 N–H and O–H groups in total. The van der Waals surface area contributed by atoms with Crippen LogP contribution < -0.4 is 5.32 Å². The smallest absolute Gasteiger partial charge is 0.278 e. The number of hydrogen-bond acceptors (Lipinski definition) is 6. The zero-order valence-electron chi connectivity index (χ0n) is 7.85. The van der Waals surface area contributed by atoms with Crippen LogP contribution in [0, 0.1) is 6.92 Å². The zero-order valence-corrected chi connectivity index (χ0v) is 7.85. The first-order valence-corrected chi connectivity index (χ1v) is 4.12. The fraction of sp³-hybridized carbons (Fsp3) is 0.250. The van der Waals surface area contributed by atoms with Crippen LogP contribution >= 0.6 is 0 Å². The second-order valence-electron chi connectivity index (χ2n) is 2.70. The van der Waals surface area contributed by atoms with Gasteiger partial charge in [0.1, 0.15) is 5.82 Å². The Bertz CT molecular complexity index is 422. The maximum absolute atomic E-state index is 4.94. The lowest BCUT2D eigenvalue weighted by molar-refractivity contribution is 0.424. The van der Waals surface area contributed by atoms with Gasteiger partial charge >= 0.3 is 0 Å². The van der Waals surface area contributed by atoms with Crippen molar-refractivity contribution >= 4 is 5.82 Å². The number of nitrogens with one attached hydrogen (secondary N) is 1. The molecule has 0 fully saturated rings. The molecule has 2 heterocycles. The van der Waals surface area contributed by atoms with Gasteiger partial charge < -0.3 is 9.84 Å². The van der Waals surface area contributed by atoms with Gasteiger partial charge in [0, 0.05) is 7.05 Å². The summed E-state index contributed by atoms with van der Waals surface area (Å²) in [4.78, 5) is 4.04. The van der Waals surface area contributed by atoms with Crippen LogP contribution in [0.15, 0.2) is 16.7 Å². The van der Waals surface area contributed by atoms with Crippen LogP contribution in [0.4, 0.5) is 5.82 Å². The fourth-order valence-corrected chi connectivity index (χ4v) is 0.981. The van der Waals surface area contributed by atoms with Gasteiger partial charge in [0.25, 0.3) is 5.89 Å². The molecule has 72 valence electrons. The van der Waals surface area contributed by atoms with E-state index in [2.05, 4.69) is 25.7 Å². The molecule has 0 aliphatic rings. The second-order valence-corrected chi connectivity index (χ2v) is 2.70. The van der Waals surface area contributed by atoms with Crippen molar-refractivity contribution in [3.05, 3.63) is 18.0 Å². The molecule has 0 amide bonds. The average Bonchev–Trinajstić information content (AvgIpc) is 2.65. The van der Waals surface area contributed by atoms with Gasteiger partial charge in [-0.25, -0.2) is 0 Å². The summed E-state index contributed by atoms with van der Waals surface area (Å²) < 4.78 is 4.94. The molecule has 0 aliphatic heterocycles. The maximum Gasteiger partial charge on any atom is 0.278 e. The number of anilines is 1. The highest BCUT2D eigenvalue weighted by Gasteiger charge is 2.07. The Morgan fingerprint density at radius 1 is 1.29 bits per heavy atom. The van der Waals surface area contributed by atoms with Gasteiger partial charge in [-0.3, -0.25) is 0 Å². The van der Waals surface area contributed by atoms with E-state index in [9.17, 15) is 0 Å². The monoisotopic (exact) mass is 191 g/mol. The SMILES string of the molecule is CNc1ccc(-c2nc(C)no2)nn1. The van der Waals surface area contributed by atoms with E-state index in [1.165, 1.54) is 0 Å². The van der Waals surface area contributed by atoms with E-state index in [1.54, 1.807) is 26.1 Å². The van der Waals surface area contributed by atoms with Crippen molar-refractivity contribution in [2.24, 2.45) is 0 Å². The van der Waals surface area contributed by atoms with E-state index in [-0.39, 0.29) is 0 Å². The summed E-state index contributed by atoms with van der Waals surface area (Å²) in [5.74, 6) is 1.67. The van der Waals surface area contributed by atoms with Gasteiger partial charge in [-0.1, -0.05) is 5.16 Å². The molecule has 0 aromatic carbocycles. The van der Waals surface area contributed by atoms with E-state index in [4.69, 9.17) is 4.52 Å². The molecule has 0 saturated heterocycles. The minimum atomic E-state index is 0.387. The van der Waals surface area contributed by atoms with E-state index < -0.39 is 0 Å². The van der Waals surface area contributed by atoms with E-state index in [0.717, 1.165) is 0 Å². The predicted molar refractivity (Wildman–Crippen MR) is 49.6 cm³/mol. The predicted octanol–water partition coefficient (Wildman–Crippen LogP) is 0.877. The molecule has 0 radical (unpaired) electrons.